The molecule has 0 spiro atoms. The van der Waals surface area contributed by atoms with Gasteiger partial charge in [0, 0.05) is 4.90 Å². The fourth-order valence-corrected chi connectivity index (χ4v) is 5.77. The lowest BCUT2D eigenvalue weighted by Crippen LogP contribution is -2.60. The standard InChI is InChI=1S/C33H34O5S/c34-21-29-30(35-22-25-13-5-1-6-14-25)31(36-23-26-15-7-2-8-16-26)32(37-24-27-17-9-3-10-18-27)33(38-29)39-28-19-11-4-12-20-28/h1-20,29-34H,21-24H2/t29-,30-,31+,32+,33-/m0/s1. The topological polar surface area (TPSA) is 57.2 Å². The minimum absolute atomic E-state index is 0.193. The number of rotatable bonds is 12. The van der Waals surface area contributed by atoms with E-state index in [4.69, 9.17) is 18.9 Å². The molecule has 4 aromatic rings. The second-order valence-corrected chi connectivity index (χ2v) is 10.6. The monoisotopic (exact) mass is 542 g/mol. The summed E-state index contributed by atoms with van der Waals surface area (Å²) < 4.78 is 26.2. The molecule has 0 amide bonds. The molecule has 1 aliphatic rings. The van der Waals surface area contributed by atoms with E-state index in [-0.39, 0.29) is 6.61 Å². The predicted molar refractivity (Wildman–Crippen MR) is 153 cm³/mol. The lowest BCUT2D eigenvalue weighted by Gasteiger charge is -2.45. The highest BCUT2D eigenvalue weighted by Gasteiger charge is 2.48. The highest BCUT2D eigenvalue weighted by atomic mass is 32.2. The molecule has 1 heterocycles. The maximum atomic E-state index is 10.4. The molecule has 1 saturated heterocycles. The SMILES string of the molecule is OC[C@@H]1O[C@@H](Sc2ccccc2)[C@H](OCc2ccccc2)[C@H](OCc2ccccc2)[C@H]1OCc1ccccc1. The molecule has 39 heavy (non-hydrogen) atoms. The normalized spacial score (nSPS) is 22.9. The van der Waals surface area contributed by atoms with Gasteiger partial charge in [0.15, 0.2) is 0 Å². The summed E-state index contributed by atoms with van der Waals surface area (Å²) in [5.41, 5.74) is 2.75. The van der Waals surface area contributed by atoms with Crippen LogP contribution in [0.3, 0.4) is 0 Å². The molecule has 0 aliphatic carbocycles. The van der Waals surface area contributed by atoms with Crippen LogP contribution in [-0.2, 0) is 38.8 Å². The van der Waals surface area contributed by atoms with E-state index in [9.17, 15) is 5.11 Å². The van der Waals surface area contributed by atoms with Gasteiger partial charge in [0.1, 0.15) is 29.9 Å². The number of hydrogen-bond acceptors (Lipinski definition) is 6. The fourth-order valence-electron chi connectivity index (χ4n) is 4.62. The van der Waals surface area contributed by atoms with Gasteiger partial charge in [-0.15, -0.1) is 0 Å². The molecule has 1 N–H and O–H groups in total. The first-order valence-corrected chi connectivity index (χ1v) is 14.1. The van der Waals surface area contributed by atoms with Gasteiger partial charge in [0.2, 0.25) is 0 Å². The minimum Gasteiger partial charge on any atom is -0.394 e. The average Bonchev–Trinajstić information content (AvgIpc) is 3.00. The number of thioether (sulfide) groups is 1. The zero-order valence-corrected chi connectivity index (χ0v) is 22.6. The third kappa shape index (κ3) is 7.79. The van der Waals surface area contributed by atoms with Crippen molar-refractivity contribution < 1.29 is 24.1 Å². The van der Waals surface area contributed by atoms with Crippen molar-refractivity contribution in [2.45, 2.75) is 54.6 Å². The van der Waals surface area contributed by atoms with Gasteiger partial charge in [-0.2, -0.15) is 0 Å². The zero-order valence-electron chi connectivity index (χ0n) is 21.8. The smallest absolute Gasteiger partial charge is 0.137 e. The van der Waals surface area contributed by atoms with E-state index in [1.54, 1.807) is 11.8 Å². The summed E-state index contributed by atoms with van der Waals surface area (Å²) in [6, 6.07) is 40.3. The zero-order chi connectivity index (χ0) is 26.7. The molecular formula is C33H34O5S. The van der Waals surface area contributed by atoms with Crippen LogP contribution in [0, 0.1) is 0 Å². The molecular weight excluding hydrogens is 508 g/mol. The molecule has 0 bridgehead atoms. The molecule has 6 heteroatoms. The Morgan fingerprint density at radius 3 is 1.41 bits per heavy atom. The van der Waals surface area contributed by atoms with Crippen molar-refractivity contribution in [3.63, 3.8) is 0 Å². The summed E-state index contributed by atoms with van der Waals surface area (Å²) in [5, 5.41) is 10.4. The minimum atomic E-state index is -0.577. The van der Waals surface area contributed by atoms with Crippen molar-refractivity contribution in [3.05, 3.63) is 138 Å². The van der Waals surface area contributed by atoms with Gasteiger partial charge in [0.25, 0.3) is 0 Å². The van der Waals surface area contributed by atoms with Crippen LogP contribution >= 0.6 is 11.8 Å². The van der Waals surface area contributed by atoms with Crippen LogP contribution in [0.1, 0.15) is 16.7 Å². The summed E-state index contributed by atoms with van der Waals surface area (Å²) in [5.74, 6) is 0. The molecule has 202 valence electrons. The Morgan fingerprint density at radius 2 is 0.949 bits per heavy atom. The Balaban J connectivity index is 1.44. The number of ether oxygens (including phenoxy) is 4. The molecule has 1 fully saturated rings. The van der Waals surface area contributed by atoms with Crippen LogP contribution in [0.25, 0.3) is 0 Å². The molecule has 1 aliphatic heterocycles. The van der Waals surface area contributed by atoms with Crippen molar-refractivity contribution in [1.82, 2.24) is 0 Å². The average molecular weight is 543 g/mol. The van der Waals surface area contributed by atoms with Crippen molar-refractivity contribution in [2.24, 2.45) is 0 Å². The van der Waals surface area contributed by atoms with E-state index in [1.165, 1.54) is 0 Å². The first-order chi connectivity index (χ1) is 19.3. The van der Waals surface area contributed by atoms with Gasteiger partial charge >= 0.3 is 0 Å². The molecule has 0 radical (unpaired) electrons. The van der Waals surface area contributed by atoms with Crippen LogP contribution in [0.4, 0.5) is 0 Å². The van der Waals surface area contributed by atoms with Gasteiger partial charge in [-0.1, -0.05) is 121 Å². The Morgan fingerprint density at radius 1 is 0.538 bits per heavy atom. The Hall–Kier alpha value is -2.97. The van der Waals surface area contributed by atoms with Crippen molar-refractivity contribution >= 4 is 11.8 Å². The van der Waals surface area contributed by atoms with Crippen LogP contribution in [0.2, 0.25) is 0 Å². The van der Waals surface area contributed by atoms with Gasteiger partial charge in [-0.3, -0.25) is 0 Å². The van der Waals surface area contributed by atoms with Gasteiger partial charge in [-0.05, 0) is 28.8 Å². The first-order valence-electron chi connectivity index (χ1n) is 13.2. The van der Waals surface area contributed by atoms with Crippen LogP contribution in [0.5, 0.6) is 0 Å². The molecule has 5 rings (SSSR count). The van der Waals surface area contributed by atoms with E-state index in [0.29, 0.717) is 19.8 Å². The number of benzene rings is 4. The summed E-state index contributed by atoms with van der Waals surface area (Å²) >= 11 is 1.57. The van der Waals surface area contributed by atoms with Gasteiger partial charge in [0.05, 0.1) is 26.4 Å². The van der Waals surface area contributed by atoms with E-state index < -0.39 is 29.9 Å². The van der Waals surface area contributed by atoms with E-state index >= 15 is 0 Å². The third-order valence-electron chi connectivity index (χ3n) is 6.62. The maximum Gasteiger partial charge on any atom is 0.137 e. The van der Waals surface area contributed by atoms with Crippen LogP contribution < -0.4 is 0 Å². The number of hydrogen-bond donors (Lipinski definition) is 1. The quantitative estimate of drug-likeness (QED) is 0.228. The van der Waals surface area contributed by atoms with Crippen LogP contribution in [0.15, 0.2) is 126 Å². The van der Waals surface area contributed by atoms with E-state index in [2.05, 4.69) is 0 Å². The molecule has 0 aromatic heterocycles. The van der Waals surface area contributed by atoms with Gasteiger partial charge < -0.3 is 24.1 Å². The van der Waals surface area contributed by atoms with Gasteiger partial charge in [-0.25, -0.2) is 0 Å². The molecule has 0 unspecified atom stereocenters. The second-order valence-electron chi connectivity index (χ2n) is 9.44. The summed E-state index contributed by atoms with van der Waals surface area (Å²) in [4.78, 5) is 1.05. The van der Waals surface area contributed by atoms with Crippen molar-refractivity contribution in [2.75, 3.05) is 6.61 Å². The van der Waals surface area contributed by atoms with E-state index in [0.717, 1.165) is 21.6 Å². The maximum absolute atomic E-state index is 10.4. The Labute approximate surface area is 234 Å². The van der Waals surface area contributed by atoms with Crippen molar-refractivity contribution in [1.29, 1.82) is 0 Å². The summed E-state index contributed by atoms with van der Waals surface area (Å²) in [7, 11) is 0. The van der Waals surface area contributed by atoms with E-state index in [1.807, 2.05) is 121 Å². The lowest BCUT2D eigenvalue weighted by molar-refractivity contribution is -0.251. The number of aliphatic hydroxyl groups excluding tert-OH is 1. The second kappa shape index (κ2) is 14.4. The largest absolute Gasteiger partial charge is 0.394 e. The Kier molecular flexibility index (Phi) is 10.2. The Bertz CT molecular complexity index is 1230. The molecule has 5 nitrogen and oxygen atoms in total. The molecule has 5 atom stereocenters. The lowest BCUT2D eigenvalue weighted by atomic mass is 9.99. The fraction of sp³-hybridized carbons (Fsp3) is 0.273. The highest BCUT2D eigenvalue weighted by Crippen LogP contribution is 2.38. The highest BCUT2D eigenvalue weighted by molar-refractivity contribution is 7.99. The van der Waals surface area contributed by atoms with Crippen LogP contribution in [-0.4, -0.2) is 41.6 Å². The predicted octanol–water partition coefficient (Wildman–Crippen LogP) is 6.25. The summed E-state index contributed by atoms with van der Waals surface area (Å²) in [6.07, 6.45) is -2.05. The van der Waals surface area contributed by atoms with Crippen molar-refractivity contribution in [3.8, 4) is 0 Å². The summed E-state index contributed by atoms with van der Waals surface area (Å²) in [6.45, 7) is 0.976. The molecule has 4 aromatic carbocycles. The number of aliphatic hydroxyl groups is 1. The molecule has 0 saturated carbocycles. The third-order valence-corrected chi connectivity index (χ3v) is 7.78. The first kappa shape index (κ1) is 27.6.